The van der Waals surface area contributed by atoms with E-state index < -0.39 is 0 Å². The first-order valence-electron chi connectivity index (χ1n) is 11.2. The van der Waals surface area contributed by atoms with E-state index in [9.17, 15) is 4.39 Å². The van der Waals surface area contributed by atoms with Gasteiger partial charge in [-0.25, -0.2) is 9.37 Å². The molecule has 4 rings (SSSR count). The molecule has 1 aliphatic rings. The number of aryl methyl sites for hydroxylation is 1. The summed E-state index contributed by atoms with van der Waals surface area (Å²) in [6.45, 7) is 8.22. The van der Waals surface area contributed by atoms with Crippen molar-refractivity contribution in [3.8, 4) is 5.75 Å². The molecule has 2 heterocycles. The van der Waals surface area contributed by atoms with Crippen LogP contribution in [0.2, 0.25) is 5.02 Å². The number of hydrogen-bond acceptors (Lipinski definition) is 6. The average Bonchev–Trinajstić information content (AvgIpc) is 2.79. The third kappa shape index (κ3) is 5.92. The normalized spacial score (nSPS) is 14.4. The first-order valence-corrected chi connectivity index (χ1v) is 11.6. The van der Waals surface area contributed by atoms with Crippen LogP contribution in [0.3, 0.4) is 0 Å². The topological polar surface area (TPSA) is 71.1 Å². The summed E-state index contributed by atoms with van der Waals surface area (Å²) in [4.78, 5) is 8.76. The van der Waals surface area contributed by atoms with Crippen LogP contribution in [0.25, 0.3) is 0 Å². The standard InChI is InChI=1S/C25H29ClFN5O/c1-15(2)33-23-13-20(17-8-10-28-11-9-17)16(3)12-22(23)31-24-21(26)14-29-25(32-24)30-19-6-4-18(27)5-7-19/h4-7,12-15,17,28H,8-11H2,1-3H3,(H2,29,30,31,32). The van der Waals surface area contributed by atoms with Gasteiger partial charge in [-0.05, 0) is 100 Å². The Morgan fingerprint density at radius 3 is 2.55 bits per heavy atom. The molecule has 1 aliphatic heterocycles. The van der Waals surface area contributed by atoms with Crippen molar-refractivity contribution in [1.29, 1.82) is 0 Å². The number of ether oxygens (including phenoxy) is 1. The molecule has 1 saturated heterocycles. The SMILES string of the molecule is Cc1cc(Nc2nc(Nc3ccc(F)cc3)ncc2Cl)c(OC(C)C)cc1C1CCNCC1. The summed E-state index contributed by atoms with van der Waals surface area (Å²) in [6.07, 6.45) is 3.78. The van der Waals surface area contributed by atoms with Crippen molar-refractivity contribution in [2.45, 2.75) is 45.6 Å². The lowest BCUT2D eigenvalue weighted by Gasteiger charge is -2.26. The molecule has 0 radical (unpaired) electrons. The van der Waals surface area contributed by atoms with Crippen LogP contribution in [0.4, 0.5) is 27.5 Å². The second kappa shape index (κ2) is 10.4. The van der Waals surface area contributed by atoms with Crippen molar-refractivity contribution in [2.75, 3.05) is 23.7 Å². The lowest BCUT2D eigenvalue weighted by molar-refractivity contribution is 0.243. The molecule has 0 atom stereocenters. The number of nitrogens with one attached hydrogen (secondary N) is 3. The number of anilines is 4. The van der Waals surface area contributed by atoms with Crippen molar-refractivity contribution in [3.05, 3.63) is 64.6 Å². The molecule has 3 aromatic rings. The first-order chi connectivity index (χ1) is 15.9. The first kappa shape index (κ1) is 23.3. The van der Waals surface area contributed by atoms with Gasteiger partial charge in [-0.1, -0.05) is 11.6 Å². The molecule has 6 nitrogen and oxygen atoms in total. The van der Waals surface area contributed by atoms with E-state index in [0.29, 0.717) is 28.4 Å². The van der Waals surface area contributed by atoms with Crippen molar-refractivity contribution in [1.82, 2.24) is 15.3 Å². The molecular weight excluding hydrogens is 441 g/mol. The van der Waals surface area contributed by atoms with Crippen molar-refractivity contribution in [3.63, 3.8) is 0 Å². The molecule has 1 aromatic heterocycles. The number of hydrogen-bond donors (Lipinski definition) is 3. The molecule has 8 heteroatoms. The van der Waals surface area contributed by atoms with Crippen LogP contribution in [-0.4, -0.2) is 29.2 Å². The maximum Gasteiger partial charge on any atom is 0.229 e. The van der Waals surface area contributed by atoms with E-state index in [4.69, 9.17) is 16.3 Å². The van der Waals surface area contributed by atoms with E-state index in [1.54, 1.807) is 12.1 Å². The lowest BCUT2D eigenvalue weighted by Crippen LogP contribution is -2.27. The van der Waals surface area contributed by atoms with Crippen LogP contribution < -0.4 is 20.7 Å². The van der Waals surface area contributed by atoms with Crippen LogP contribution in [0.5, 0.6) is 5.75 Å². The third-order valence-electron chi connectivity index (χ3n) is 5.61. The molecule has 0 unspecified atom stereocenters. The molecule has 0 spiro atoms. The largest absolute Gasteiger partial charge is 0.489 e. The van der Waals surface area contributed by atoms with Gasteiger partial charge in [0.15, 0.2) is 5.82 Å². The Balaban J connectivity index is 1.63. The van der Waals surface area contributed by atoms with E-state index in [-0.39, 0.29) is 11.9 Å². The number of halogens is 2. The zero-order valence-electron chi connectivity index (χ0n) is 19.1. The second-order valence-corrected chi connectivity index (χ2v) is 8.95. The molecule has 0 bridgehead atoms. The maximum atomic E-state index is 13.2. The number of rotatable bonds is 7. The van der Waals surface area contributed by atoms with Gasteiger partial charge < -0.3 is 20.7 Å². The Morgan fingerprint density at radius 2 is 1.85 bits per heavy atom. The van der Waals surface area contributed by atoms with E-state index in [2.05, 4.69) is 45.0 Å². The zero-order chi connectivity index (χ0) is 23.4. The maximum absolute atomic E-state index is 13.2. The molecule has 2 aromatic carbocycles. The zero-order valence-corrected chi connectivity index (χ0v) is 19.8. The molecule has 0 saturated carbocycles. The molecule has 174 valence electrons. The summed E-state index contributed by atoms with van der Waals surface area (Å²) in [7, 11) is 0. The fourth-order valence-electron chi connectivity index (χ4n) is 4.03. The van der Waals surface area contributed by atoms with E-state index in [0.717, 1.165) is 37.4 Å². The number of piperidine rings is 1. The smallest absolute Gasteiger partial charge is 0.229 e. The van der Waals surface area contributed by atoms with Gasteiger partial charge >= 0.3 is 0 Å². The quantitative estimate of drug-likeness (QED) is 0.376. The van der Waals surface area contributed by atoms with Crippen molar-refractivity contribution < 1.29 is 9.13 Å². The monoisotopic (exact) mass is 469 g/mol. The summed E-state index contributed by atoms with van der Waals surface area (Å²) < 4.78 is 19.4. The fourth-order valence-corrected chi connectivity index (χ4v) is 4.17. The van der Waals surface area contributed by atoms with Gasteiger partial charge in [-0.2, -0.15) is 4.98 Å². The number of nitrogens with zero attached hydrogens (tertiary/aromatic N) is 2. The minimum atomic E-state index is -0.305. The van der Waals surface area contributed by atoms with Crippen LogP contribution in [0, 0.1) is 12.7 Å². The van der Waals surface area contributed by atoms with Crippen molar-refractivity contribution in [2.24, 2.45) is 0 Å². The summed E-state index contributed by atoms with van der Waals surface area (Å²) in [5, 5.41) is 10.2. The Labute approximate surface area is 198 Å². The minimum absolute atomic E-state index is 0.0192. The predicted octanol–water partition coefficient (Wildman–Crippen LogP) is 6.32. The Kier molecular flexibility index (Phi) is 7.30. The second-order valence-electron chi connectivity index (χ2n) is 8.54. The Morgan fingerprint density at radius 1 is 1.12 bits per heavy atom. The molecule has 0 amide bonds. The van der Waals surface area contributed by atoms with Crippen LogP contribution in [0.1, 0.15) is 43.7 Å². The highest BCUT2D eigenvalue weighted by Crippen LogP contribution is 2.38. The van der Waals surface area contributed by atoms with E-state index in [1.807, 2.05) is 13.8 Å². The van der Waals surface area contributed by atoms with Gasteiger partial charge in [-0.3, -0.25) is 0 Å². The number of aromatic nitrogens is 2. The molecule has 1 fully saturated rings. The number of benzene rings is 2. The molecule has 0 aliphatic carbocycles. The van der Waals surface area contributed by atoms with Gasteiger partial charge in [0, 0.05) is 5.69 Å². The highest BCUT2D eigenvalue weighted by molar-refractivity contribution is 6.32. The summed E-state index contributed by atoms with van der Waals surface area (Å²) in [6, 6.07) is 10.2. The van der Waals surface area contributed by atoms with E-state index >= 15 is 0 Å². The van der Waals surface area contributed by atoms with Gasteiger partial charge in [0.05, 0.1) is 18.0 Å². The van der Waals surface area contributed by atoms with Gasteiger partial charge in [-0.15, -0.1) is 0 Å². The lowest BCUT2D eigenvalue weighted by atomic mass is 9.87. The van der Waals surface area contributed by atoms with Gasteiger partial charge in [0.25, 0.3) is 0 Å². The molecule has 3 N–H and O–H groups in total. The van der Waals surface area contributed by atoms with Crippen LogP contribution in [0.15, 0.2) is 42.6 Å². The van der Waals surface area contributed by atoms with Gasteiger partial charge in [0.1, 0.15) is 16.6 Å². The van der Waals surface area contributed by atoms with Gasteiger partial charge in [0.2, 0.25) is 5.95 Å². The van der Waals surface area contributed by atoms with Crippen LogP contribution in [-0.2, 0) is 0 Å². The highest BCUT2D eigenvalue weighted by Gasteiger charge is 2.20. The Hall–Kier alpha value is -2.90. The summed E-state index contributed by atoms with van der Waals surface area (Å²) >= 11 is 6.41. The fraction of sp³-hybridized carbons (Fsp3) is 0.360. The summed E-state index contributed by atoms with van der Waals surface area (Å²) in [5.74, 6) is 1.79. The van der Waals surface area contributed by atoms with E-state index in [1.165, 1.54) is 29.5 Å². The minimum Gasteiger partial charge on any atom is -0.489 e. The summed E-state index contributed by atoms with van der Waals surface area (Å²) in [5.41, 5.74) is 4.00. The predicted molar refractivity (Wildman–Crippen MR) is 132 cm³/mol. The average molecular weight is 470 g/mol. The molecule has 33 heavy (non-hydrogen) atoms. The highest BCUT2D eigenvalue weighted by atomic mass is 35.5. The Bertz CT molecular complexity index is 1100. The van der Waals surface area contributed by atoms with Crippen molar-refractivity contribution >= 4 is 34.7 Å². The molecular formula is C25H29ClFN5O. The third-order valence-corrected chi connectivity index (χ3v) is 5.88. The van der Waals surface area contributed by atoms with Crippen LogP contribution >= 0.6 is 11.6 Å².